The molecule has 8 nitrogen and oxygen atoms in total. The number of fused-ring (bicyclic) bond motifs is 1. The number of carbonyl (C=O) groups is 1. The normalized spacial score (nSPS) is 14.3. The highest BCUT2D eigenvalue weighted by Gasteiger charge is 2.35. The first-order chi connectivity index (χ1) is 14.5. The zero-order valence-electron chi connectivity index (χ0n) is 16.6. The number of hydrogen-bond donors (Lipinski definition) is 0. The van der Waals surface area contributed by atoms with Gasteiger partial charge in [-0.25, -0.2) is 17.9 Å². The monoisotopic (exact) mass is 447 g/mol. The van der Waals surface area contributed by atoms with Crippen LogP contribution in [0.4, 0.5) is 0 Å². The van der Waals surface area contributed by atoms with E-state index in [4.69, 9.17) is 9.47 Å². The van der Waals surface area contributed by atoms with Crippen LogP contribution in [0, 0.1) is 0 Å². The van der Waals surface area contributed by atoms with Gasteiger partial charge in [-0.2, -0.15) is 9.40 Å². The van der Waals surface area contributed by atoms with Gasteiger partial charge in [0.15, 0.2) is 5.69 Å². The lowest BCUT2D eigenvalue weighted by Gasteiger charge is -2.26. The quantitative estimate of drug-likeness (QED) is 0.540. The molecule has 3 aromatic rings. The van der Waals surface area contributed by atoms with E-state index in [0.717, 1.165) is 11.4 Å². The third-order valence-corrected chi connectivity index (χ3v) is 8.12. The molecule has 0 fully saturated rings. The second-order valence-corrected chi connectivity index (χ2v) is 9.74. The van der Waals surface area contributed by atoms with Crippen molar-refractivity contribution in [1.82, 2.24) is 14.1 Å². The minimum atomic E-state index is -3.63. The summed E-state index contributed by atoms with van der Waals surface area (Å²) in [6, 6.07) is 10.6. The molecule has 30 heavy (non-hydrogen) atoms. The summed E-state index contributed by atoms with van der Waals surface area (Å²) in [7, 11) is -2.04. The van der Waals surface area contributed by atoms with E-state index in [1.807, 2.05) is 24.3 Å². The molecule has 2 aromatic heterocycles. The van der Waals surface area contributed by atoms with E-state index < -0.39 is 16.0 Å². The van der Waals surface area contributed by atoms with E-state index >= 15 is 0 Å². The smallest absolute Gasteiger partial charge is 0.359 e. The van der Waals surface area contributed by atoms with E-state index in [0.29, 0.717) is 24.3 Å². The Bertz CT molecular complexity index is 1150. The van der Waals surface area contributed by atoms with Crippen LogP contribution in [0.2, 0.25) is 0 Å². The van der Waals surface area contributed by atoms with Gasteiger partial charge in [0.25, 0.3) is 10.0 Å². The molecule has 158 valence electrons. The zero-order valence-corrected chi connectivity index (χ0v) is 18.2. The average molecular weight is 448 g/mol. The van der Waals surface area contributed by atoms with Crippen molar-refractivity contribution < 1.29 is 22.7 Å². The number of hydrogen-bond acceptors (Lipinski definition) is 7. The number of thiophene rings is 1. The molecular weight excluding hydrogens is 426 g/mol. The standard InChI is InChI=1S/C20H21N3O5S2/c1-3-28-20(24)19-16-13-22(30(25,26)18-5-4-12-29-18)11-10-17(16)23(21-19)14-6-8-15(27-2)9-7-14/h4-9,12H,3,10-11,13H2,1-2H3. The van der Waals surface area contributed by atoms with E-state index in [-0.39, 0.29) is 23.1 Å². The Morgan fingerprint density at radius 1 is 1.23 bits per heavy atom. The first kappa shape index (κ1) is 20.6. The molecule has 1 aromatic carbocycles. The predicted molar refractivity (Wildman–Crippen MR) is 112 cm³/mol. The number of ether oxygens (including phenoxy) is 2. The Balaban J connectivity index is 1.76. The largest absolute Gasteiger partial charge is 0.497 e. The maximum Gasteiger partial charge on any atom is 0.359 e. The summed E-state index contributed by atoms with van der Waals surface area (Å²) in [6.07, 6.45) is 0.429. The molecule has 3 heterocycles. The van der Waals surface area contributed by atoms with Crippen molar-refractivity contribution in [3.8, 4) is 11.4 Å². The van der Waals surface area contributed by atoms with Gasteiger partial charge >= 0.3 is 5.97 Å². The minimum absolute atomic E-state index is 0.0693. The van der Waals surface area contributed by atoms with Gasteiger partial charge < -0.3 is 9.47 Å². The molecule has 0 saturated carbocycles. The molecular formula is C20H21N3O5S2. The topological polar surface area (TPSA) is 90.7 Å². The molecule has 0 bridgehead atoms. The van der Waals surface area contributed by atoms with Crippen molar-refractivity contribution in [3.05, 3.63) is 58.7 Å². The Morgan fingerprint density at radius 2 is 2.00 bits per heavy atom. The zero-order chi connectivity index (χ0) is 21.3. The van der Waals surface area contributed by atoms with Crippen molar-refractivity contribution in [2.45, 2.75) is 24.1 Å². The van der Waals surface area contributed by atoms with Crippen molar-refractivity contribution >= 4 is 27.3 Å². The second kappa shape index (κ2) is 8.21. The van der Waals surface area contributed by atoms with Crippen molar-refractivity contribution in [2.75, 3.05) is 20.3 Å². The van der Waals surface area contributed by atoms with Crippen molar-refractivity contribution in [2.24, 2.45) is 0 Å². The van der Waals surface area contributed by atoms with Gasteiger partial charge in [-0.05, 0) is 42.6 Å². The van der Waals surface area contributed by atoms with Crippen LogP contribution >= 0.6 is 11.3 Å². The molecule has 0 amide bonds. The Labute approximate surface area is 178 Å². The summed E-state index contributed by atoms with van der Waals surface area (Å²) in [5.74, 6) is 0.148. The molecule has 4 rings (SSSR count). The van der Waals surface area contributed by atoms with Crippen LogP contribution in [-0.4, -0.2) is 48.7 Å². The maximum absolute atomic E-state index is 13.0. The van der Waals surface area contributed by atoms with Gasteiger partial charge in [-0.1, -0.05) is 6.07 Å². The number of rotatable bonds is 6. The van der Waals surface area contributed by atoms with E-state index in [1.165, 1.54) is 15.6 Å². The number of methoxy groups -OCH3 is 1. The lowest BCUT2D eigenvalue weighted by molar-refractivity contribution is 0.0517. The van der Waals surface area contributed by atoms with Crippen LogP contribution in [-0.2, 0) is 27.7 Å². The summed E-state index contributed by atoms with van der Waals surface area (Å²) >= 11 is 1.18. The Kier molecular flexibility index (Phi) is 5.63. The molecule has 0 spiro atoms. The summed E-state index contributed by atoms with van der Waals surface area (Å²) in [6.45, 7) is 2.30. The van der Waals surface area contributed by atoms with E-state index in [1.54, 1.807) is 36.2 Å². The first-order valence-corrected chi connectivity index (χ1v) is 11.7. The van der Waals surface area contributed by atoms with Gasteiger partial charge in [-0.3, -0.25) is 0 Å². The lowest BCUT2D eigenvalue weighted by Crippen LogP contribution is -2.36. The SMILES string of the molecule is CCOC(=O)c1nn(-c2ccc(OC)cc2)c2c1CN(S(=O)(=O)c1cccs1)CC2. The molecule has 0 unspecified atom stereocenters. The summed E-state index contributed by atoms with van der Waals surface area (Å²) < 4.78 is 39.7. The fraction of sp³-hybridized carbons (Fsp3) is 0.300. The average Bonchev–Trinajstić information content (AvgIpc) is 3.42. The molecule has 10 heteroatoms. The lowest BCUT2D eigenvalue weighted by atomic mass is 10.1. The molecule has 0 N–H and O–H groups in total. The maximum atomic E-state index is 13.0. The number of esters is 1. The van der Waals surface area contributed by atoms with Crippen molar-refractivity contribution in [3.63, 3.8) is 0 Å². The van der Waals surface area contributed by atoms with Crippen molar-refractivity contribution in [1.29, 1.82) is 0 Å². The van der Waals surface area contributed by atoms with Gasteiger partial charge in [-0.15, -0.1) is 11.3 Å². The van der Waals surface area contributed by atoms with Gasteiger partial charge in [0, 0.05) is 25.1 Å². The number of aromatic nitrogens is 2. The third kappa shape index (κ3) is 3.62. The molecule has 0 aliphatic carbocycles. The highest BCUT2D eigenvalue weighted by atomic mass is 32.2. The highest BCUT2D eigenvalue weighted by molar-refractivity contribution is 7.91. The van der Waals surface area contributed by atoms with Crippen LogP contribution in [0.15, 0.2) is 46.0 Å². The van der Waals surface area contributed by atoms with Crippen LogP contribution < -0.4 is 4.74 Å². The van der Waals surface area contributed by atoms with Gasteiger partial charge in [0.05, 0.1) is 25.1 Å². The minimum Gasteiger partial charge on any atom is -0.497 e. The van der Waals surface area contributed by atoms with Gasteiger partial charge in [0.2, 0.25) is 0 Å². The second-order valence-electron chi connectivity index (χ2n) is 6.62. The van der Waals surface area contributed by atoms with E-state index in [2.05, 4.69) is 5.10 Å². The van der Waals surface area contributed by atoms with Crippen LogP contribution in [0.25, 0.3) is 5.69 Å². The van der Waals surface area contributed by atoms with Crippen LogP contribution in [0.5, 0.6) is 5.75 Å². The number of benzene rings is 1. The molecule has 0 saturated heterocycles. The number of sulfonamides is 1. The van der Waals surface area contributed by atoms with E-state index in [9.17, 15) is 13.2 Å². The Hall–Kier alpha value is -2.69. The van der Waals surface area contributed by atoms with Crippen LogP contribution in [0.3, 0.4) is 0 Å². The molecule has 0 atom stereocenters. The molecule has 1 aliphatic heterocycles. The Morgan fingerprint density at radius 3 is 2.63 bits per heavy atom. The third-order valence-electron chi connectivity index (χ3n) is 4.90. The first-order valence-electron chi connectivity index (χ1n) is 9.41. The fourth-order valence-corrected chi connectivity index (χ4v) is 5.99. The number of carbonyl (C=O) groups excluding carboxylic acids is 1. The predicted octanol–water partition coefficient (Wildman–Crippen LogP) is 2.87. The summed E-state index contributed by atoms with van der Waals surface area (Å²) in [4.78, 5) is 12.6. The highest BCUT2D eigenvalue weighted by Crippen LogP contribution is 2.31. The number of nitrogens with zero attached hydrogens (tertiary/aromatic N) is 3. The molecule has 0 radical (unpaired) electrons. The summed E-state index contributed by atoms with van der Waals surface area (Å²) in [5.41, 5.74) is 2.29. The van der Waals surface area contributed by atoms with Gasteiger partial charge in [0.1, 0.15) is 9.96 Å². The fourth-order valence-electron chi connectivity index (χ4n) is 3.44. The summed E-state index contributed by atoms with van der Waals surface area (Å²) in [5, 5.41) is 6.23. The molecule has 1 aliphatic rings. The van der Waals surface area contributed by atoms with Crippen LogP contribution in [0.1, 0.15) is 28.7 Å².